The van der Waals surface area contributed by atoms with Crippen molar-refractivity contribution in [1.82, 2.24) is 14.3 Å². The Balaban J connectivity index is 1.38. The molecule has 0 spiro atoms. The Kier molecular flexibility index (Phi) is 8.31. The molecule has 0 aliphatic heterocycles. The fraction of sp³-hybridized carbons (Fsp3) is 0.300. The summed E-state index contributed by atoms with van der Waals surface area (Å²) in [6.07, 6.45) is 2.28. The molecule has 0 aliphatic carbocycles. The summed E-state index contributed by atoms with van der Waals surface area (Å²) in [5.74, 6) is 1.72. The highest BCUT2D eigenvalue weighted by Gasteiger charge is 2.29. The molecule has 0 amide bonds. The lowest BCUT2D eigenvalue weighted by Gasteiger charge is -2.21. The Morgan fingerprint density at radius 2 is 1.61 bits per heavy atom. The van der Waals surface area contributed by atoms with Crippen LogP contribution < -0.4 is 15.2 Å². The molecule has 0 unspecified atom stereocenters. The minimum atomic E-state index is -1.29. The Morgan fingerprint density at radius 1 is 0.895 bits per heavy atom. The molecule has 0 atom stereocenters. The fourth-order valence-electron chi connectivity index (χ4n) is 4.11. The monoisotopic (exact) mass is 515 g/mol. The molecule has 0 fully saturated rings. The lowest BCUT2D eigenvalue weighted by atomic mass is 10.1. The molecule has 0 saturated carbocycles. The topological polar surface area (TPSA) is 95.6 Å². The summed E-state index contributed by atoms with van der Waals surface area (Å²) in [5.41, 5.74) is 0.617. The molecule has 3 aromatic carbocycles. The van der Waals surface area contributed by atoms with Crippen molar-refractivity contribution in [3.8, 4) is 17.2 Å². The molecule has 8 nitrogen and oxygen atoms in total. The summed E-state index contributed by atoms with van der Waals surface area (Å²) in [7, 11) is 0. The van der Waals surface area contributed by atoms with E-state index in [1.54, 1.807) is 16.7 Å². The Labute approximate surface area is 222 Å². The average Bonchev–Trinajstić information content (AvgIpc) is 3.19. The van der Waals surface area contributed by atoms with Gasteiger partial charge in [0.15, 0.2) is 5.60 Å². The molecule has 38 heavy (non-hydrogen) atoms. The van der Waals surface area contributed by atoms with Gasteiger partial charge in [-0.3, -0.25) is 4.57 Å². The van der Waals surface area contributed by atoms with Crippen LogP contribution in [0.25, 0.3) is 0 Å². The minimum absolute atomic E-state index is 0.126. The lowest BCUT2D eigenvalue weighted by Crippen LogP contribution is -2.37. The predicted molar refractivity (Wildman–Crippen MR) is 145 cm³/mol. The normalized spacial score (nSPS) is 11.3. The van der Waals surface area contributed by atoms with Gasteiger partial charge in [0.25, 0.3) is 0 Å². The third-order valence-corrected chi connectivity index (χ3v) is 6.20. The molecule has 0 saturated heterocycles. The van der Waals surface area contributed by atoms with Gasteiger partial charge in [0.1, 0.15) is 23.1 Å². The van der Waals surface area contributed by atoms with Crippen molar-refractivity contribution < 1.29 is 19.4 Å². The van der Waals surface area contributed by atoms with E-state index in [0.29, 0.717) is 31.0 Å². The van der Waals surface area contributed by atoms with Crippen molar-refractivity contribution in [2.75, 3.05) is 0 Å². The predicted octanol–water partition coefficient (Wildman–Crippen LogP) is 5.32. The van der Waals surface area contributed by atoms with Crippen molar-refractivity contribution in [2.45, 2.75) is 58.7 Å². The molecule has 4 aromatic rings. The van der Waals surface area contributed by atoms with Gasteiger partial charge in [-0.1, -0.05) is 42.5 Å². The first kappa shape index (κ1) is 26.7. The van der Waals surface area contributed by atoms with Crippen LogP contribution in [0.2, 0.25) is 0 Å². The van der Waals surface area contributed by atoms with Crippen LogP contribution in [-0.4, -0.2) is 31.0 Å². The van der Waals surface area contributed by atoms with Crippen LogP contribution in [0.5, 0.6) is 17.2 Å². The zero-order valence-corrected chi connectivity index (χ0v) is 22.0. The third-order valence-electron chi connectivity index (χ3n) is 6.20. The van der Waals surface area contributed by atoms with Crippen LogP contribution in [0.15, 0.2) is 83.7 Å². The smallest absolute Gasteiger partial charge is 0.347 e. The molecular formula is C30H33N3O5. The Bertz CT molecular complexity index is 1420. The van der Waals surface area contributed by atoms with Gasteiger partial charge in [0, 0.05) is 13.0 Å². The molecule has 0 radical (unpaired) electrons. The molecule has 0 bridgehead atoms. The van der Waals surface area contributed by atoms with Crippen molar-refractivity contribution in [2.24, 2.45) is 0 Å². The van der Waals surface area contributed by atoms with Crippen LogP contribution in [0.1, 0.15) is 44.1 Å². The maximum absolute atomic E-state index is 13.0. The number of aryl methyl sites for hydroxylation is 2. The van der Waals surface area contributed by atoms with Crippen LogP contribution in [0, 0.1) is 0 Å². The number of hydrogen-bond donors (Lipinski definition) is 1. The second kappa shape index (κ2) is 11.8. The van der Waals surface area contributed by atoms with E-state index in [9.17, 15) is 14.7 Å². The zero-order chi connectivity index (χ0) is 27.1. The molecule has 0 aliphatic rings. The largest absolute Gasteiger partial charge is 0.478 e. The van der Waals surface area contributed by atoms with Gasteiger partial charge in [0.2, 0.25) is 0 Å². The number of ether oxygens (including phenoxy) is 2. The van der Waals surface area contributed by atoms with Crippen LogP contribution >= 0.6 is 0 Å². The summed E-state index contributed by atoms with van der Waals surface area (Å²) >= 11 is 0. The first-order chi connectivity index (χ1) is 18.2. The summed E-state index contributed by atoms with van der Waals surface area (Å²) < 4.78 is 14.7. The Hall–Kier alpha value is -4.33. The van der Waals surface area contributed by atoms with Crippen LogP contribution in [0.4, 0.5) is 0 Å². The summed E-state index contributed by atoms with van der Waals surface area (Å²) in [4.78, 5) is 24.3. The highest BCUT2D eigenvalue weighted by Crippen LogP contribution is 2.22. The van der Waals surface area contributed by atoms with E-state index in [2.05, 4.69) is 5.10 Å². The van der Waals surface area contributed by atoms with Crippen LogP contribution in [-0.2, 0) is 30.7 Å². The highest BCUT2D eigenvalue weighted by atomic mass is 16.5. The number of carbonyl (C=O) groups is 1. The highest BCUT2D eigenvalue weighted by molar-refractivity contribution is 5.76. The quantitative estimate of drug-likeness (QED) is 0.274. The number of nitrogens with zero attached hydrogens (tertiary/aromatic N) is 3. The number of aromatic nitrogens is 3. The van der Waals surface area contributed by atoms with E-state index in [-0.39, 0.29) is 5.69 Å². The van der Waals surface area contributed by atoms with Gasteiger partial charge >= 0.3 is 11.7 Å². The molecule has 1 N–H and O–H groups in total. The number of carboxylic acids is 1. The average molecular weight is 516 g/mol. The summed E-state index contributed by atoms with van der Waals surface area (Å²) in [5, 5.41) is 13.9. The van der Waals surface area contributed by atoms with Crippen LogP contribution in [0.3, 0.4) is 0 Å². The zero-order valence-electron chi connectivity index (χ0n) is 22.0. The summed E-state index contributed by atoms with van der Waals surface area (Å²) in [6.45, 7) is 5.90. The number of aliphatic carboxylic acids is 1. The standard InChI is InChI=1S/C30H33N3O5/c1-4-32-27(15-9-10-22-16-18-25(19-17-22)38-30(2,3)28(34)35)31-33(29(32)36)21-23-11-8-14-26(20-23)37-24-12-6-5-7-13-24/h5-8,11-14,16-20H,4,9-10,15,21H2,1-3H3,(H,34,35). The van der Waals surface area contributed by atoms with Gasteiger partial charge in [-0.25, -0.2) is 14.3 Å². The molecule has 4 rings (SSSR count). The number of rotatable bonds is 12. The van der Waals surface area contributed by atoms with Crippen molar-refractivity contribution in [3.63, 3.8) is 0 Å². The maximum Gasteiger partial charge on any atom is 0.347 e. The second-order valence-electron chi connectivity index (χ2n) is 9.58. The molecule has 1 aromatic heterocycles. The van der Waals surface area contributed by atoms with Crippen molar-refractivity contribution in [1.29, 1.82) is 0 Å². The first-order valence-corrected chi connectivity index (χ1v) is 12.7. The number of carboxylic acid groups (broad SMARTS) is 1. The van der Waals surface area contributed by atoms with E-state index in [1.165, 1.54) is 18.5 Å². The molecule has 198 valence electrons. The first-order valence-electron chi connectivity index (χ1n) is 12.7. The van der Waals surface area contributed by atoms with Gasteiger partial charge in [-0.15, -0.1) is 0 Å². The van der Waals surface area contributed by atoms with E-state index in [1.807, 2.05) is 73.7 Å². The fourth-order valence-corrected chi connectivity index (χ4v) is 4.11. The maximum atomic E-state index is 13.0. The number of benzene rings is 3. The Morgan fingerprint density at radius 3 is 2.29 bits per heavy atom. The van der Waals surface area contributed by atoms with E-state index in [0.717, 1.165) is 35.5 Å². The van der Waals surface area contributed by atoms with E-state index in [4.69, 9.17) is 9.47 Å². The molecule has 1 heterocycles. The van der Waals surface area contributed by atoms with Gasteiger partial charge in [0.05, 0.1) is 6.54 Å². The SMILES string of the molecule is CCn1c(CCCc2ccc(OC(C)(C)C(=O)O)cc2)nn(Cc2cccc(Oc3ccccc3)c2)c1=O. The van der Waals surface area contributed by atoms with Gasteiger partial charge in [-0.2, -0.15) is 5.10 Å². The van der Waals surface area contributed by atoms with Gasteiger partial charge in [-0.05, 0) is 81.1 Å². The number of hydrogen-bond acceptors (Lipinski definition) is 5. The van der Waals surface area contributed by atoms with Crippen molar-refractivity contribution in [3.05, 3.63) is 106 Å². The van der Waals surface area contributed by atoms with E-state index < -0.39 is 11.6 Å². The lowest BCUT2D eigenvalue weighted by molar-refractivity contribution is -0.152. The second-order valence-corrected chi connectivity index (χ2v) is 9.58. The number of para-hydroxylation sites is 1. The molecule has 8 heteroatoms. The molecular weight excluding hydrogens is 482 g/mol. The van der Waals surface area contributed by atoms with E-state index >= 15 is 0 Å². The third kappa shape index (κ3) is 6.70. The summed E-state index contributed by atoms with van der Waals surface area (Å²) in [6, 6.07) is 24.7. The minimum Gasteiger partial charge on any atom is -0.478 e. The van der Waals surface area contributed by atoms with Crippen molar-refractivity contribution >= 4 is 5.97 Å². The van der Waals surface area contributed by atoms with Gasteiger partial charge < -0.3 is 14.6 Å².